The van der Waals surface area contributed by atoms with Crippen molar-refractivity contribution in [3.8, 4) is 0 Å². The van der Waals surface area contributed by atoms with Gasteiger partial charge in [-0.1, -0.05) is 45.9 Å². The van der Waals surface area contributed by atoms with E-state index in [2.05, 4.69) is 70.0 Å². The number of aryl methyl sites for hydroxylation is 2. The second-order valence-corrected chi connectivity index (χ2v) is 7.74. The second-order valence-electron chi connectivity index (χ2n) is 7.74. The Morgan fingerprint density at radius 3 is 2.48 bits per heavy atom. The van der Waals surface area contributed by atoms with Crippen LogP contribution in [-0.2, 0) is 6.54 Å². The molecule has 1 aromatic rings. The summed E-state index contributed by atoms with van der Waals surface area (Å²) in [6, 6.07) is 8.15. The molecule has 1 fully saturated rings. The lowest BCUT2D eigenvalue weighted by molar-refractivity contribution is 0.0485. The Hall–Kier alpha value is -0.860. The van der Waals surface area contributed by atoms with E-state index < -0.39 is 0 Å². The molecule has 2 nitrogen and oxygen atoms in total. The van der Waals surface area contributed by atoms with Gasteiger partial charge in [-0.2, -0.15) is 0 Å². The summed E-state index contributed by atoms with van der Waals surface area (Å²) in [6.07, 6.45) is 1.21. The van der Waals surface area contributed by atoms with E-state index in [9.17, 15) is 0 Å². The number of benzene rings is 1. The van der Waals surface area contributed by atoms with Crippen LogP contribution in [0.3, 0.4) is 0 Å². The van der Waals surface area contributed by atoms with Gasteiger partial charge in [-0.3, -0.25) is 4.90 Å². The first-order valence-electron chi connectivity index (χ1n) is 8.34. The molecule has 1 aliphatic rings. The van der Waals surface area contributed by atoms with Gasteiger partial charge in [-0.15, -0.1) is 0 Å². The van der Waals surface area contributed by atoms with Crippen LogP contribution in [0.2, 0.25) is 0 Å². The van der Waals surface area contributed by atoms with Crippen LogP contribution >= 0.6 is 0 Å². The largest absolute Gasteiger partial charge is 0.311 e. The number of nitrogens with zero attached hydrogens (tertiary/aromatic N) is 1. The fourth-order valence-electron chi connectivity index (χ4n) is 3.32. The van der Waals surface area contributed by atoms with Crippen molar-refractivity contribution in [2.24, 2.45) is 5.41 Å². The normalized spacial score (nSPS) is 24.3. The number of hydrogen-bond donors (Lipinski definition) is 1. The van der Waals surface area contributed by atoms with Gasteiger partial charge in [0.2, 0.25) is 0 Å². The van der Waals surface area contributed by atoms with Gasteiger partial charge >= 0.3 is 0 Å². The standard InChI is InChI=1S/C19H32N2/c1-7-17-13-21(18(11-20-17)19(4,5)6)12-16-9-8-14(2)15(3)10-16/h8-10,17-18,20H,7,11-13H2,1-6H3. The van der Waals surface area contributed by atoms with Gasteiger partial charge in [-0.05, 0) is 42.4 Å². The topological polar surface area (TPSA) is 15.3 Å². The molecule has 1 aliphatic heterocycles. The number of hydrogen-bond acceptors (Lipinski definition) is 2. The van der Waals surface area contributed by atoms with Crippen LogP contribution in [0.5, 0.6) is 0 Å². The molecule has 0 aromatic heterocycles. The van der Waals surface area contributed by atoms with Gasteiger partial charge in [0.1, 0.15) is 0 Å². The molecular formula is C19H32N2. The fourth-order valence-corrected chi connectivity index (χ4v) is 3.32. The van der Waals surface area contributed by atoms with Gasteiger partial charge in [0.15, 0.2) is 0 Å². The van der Waals surface area contributed by atoms with Crippen LogP contribution < -0.4 is 5.32 Å². The molecular weight excluding hydrogens is 256 g/mol. The Morgan fingerprint density at radius 1 is 1.19 bits per heavy atom. The first kappa shape index (κ1) is 16.5. The number of rotatable bonds is 3. The van der Waals surface area contributed by atoms with Gasteiger partial charge < -0.3 is 5.32 Å². The quantitative estimate of drug-likeness (QED) is 0.907. The average molecular weight is 288 g/mol. The van der Waals surface area contributed by atoms with Crippen LogP contribution in [0.4, 0.5) is 0 Å². The minimum absolute atomic E-state index is 0.311. The summed E-state index contributed by atoms with van der Waals surface area (Å²) in [5.41, 5.74) is 4.55. The van der Waals surface area contributed by atoms with E-state index in [0.29, 0.717) is 17.5 Å². The molecule has 1 saturated heterocycles. The Bertz CT molecular complexity index is 473. The van der Waals surface area contributed by atoms with E-state index in [1.807, 2.05) is 0 Å². The van der Waals surface area contributed by atoms with Crippen molar-refractivity contribution in [1.82, 2.24) is 10.2 Å². The van der Waals surface area contributed by atoms with Crippen molar-refractivity contribution in [1.29, 1.82) is 0 Å². The summed E-state index contributed by atoms with van der Waals surface area (Å²) in [6.45, 7) is 17.1. The molecule has 21 heavy (non-hydrogen) atoms. The molecule has 0 aliphatic carbocycles. The van der Waals surface area contributed by atoms with E-state index in [1.165, 1.54) is 23.1 Å². The van der Waals surface area contributed by atoms with E-state index in [4.69, 9.17) is 0 Å². The number of nitrogens with one attached hydrogen (secondary N) is 1. The Labute approximate surface area is 130 Å². The van der Waals surface area contributed by atoms with E-state index in [-0.39, 0.29) is 0 Å². The molecule has 1 N–H and O–H groups in total. The van der Waals surface area contributed by atoms with Gasteiger partial charge in [0, 0.05) is 31.7 Å². The smallest absolute Gasteiger partial charge is 0.0273 e. The van der Waals surface area contributed by atoms with Crippen LogP contribution in [0.15, 0.2) is 18.2 Å². The van der Waals surface area contributed by atoms with Crippen LogP contribution in [0, 0.1) is 19.3 Å². The summed E-state index contributed by atoms with van der Waals surface area (Å²) in [5, 5.41) is 3.72. The summed E-state index contributed by atoms with van der Waals surface area (Å²) >= 11 is 0. The summed E-state index contributed by atoms with van der Waals surface area (Å²) in [5.74, 6) is 0. The summed E-state index contributed by atoms with van der Waals surface area (Å²) in [7, 11) is 0. The van der Waals surface area contributed by atoms with Crippen LogP contribution in [0.1, 0.15) is 50.8 Å². The Balaban J connectivity index is 2.17. The van der Waals surface area contributed by atoms with Crippen molar-refractivity contribution >= 4 is 0 Å². The zero-order chi connectivity index (χ0) is 15.6. The third-order valence-corrected chi connectivity index (χ3v) is 4.94. The Kier molecular flexibility index (Phi) is 5.11. The fraction of sp³-hybridized carbons (Fsp3) is 0.684. The maximum Gasteiger partial charge on any atom is 0.0273 e. The molecule has 0 radical (unpaired) electrons. The SMILES string of the molecule is CCC1CN(Cc2ccc(C)c(C)c2)C(C(C)(C)C)CN1. The maximum absolute atomic E-state index is 3.72. The Morgan fingerprint density at radius 2 is 1.90 bits per heavy atom. The van der Waals surface area contributed by atoms with Crippen molar-refractivity contribution in [2.45, 2.75) is 66.6 Å². The molecule has 2 unspecified atom stereocenters. The summed E-state index contributed by atoms with van der Waals surface area (Å²) < 4.78 is 0. The third-order valence-electron chi connectivity index (χ3n) is 4.94. The molecule has 118 valence electrons. The first-order chi connectivity index (χ1) is 9.81. The molecule has 2 rings (SSSR count). The van der Waals surface area contributed by atoms with Crippen molar-refractivity contribution in [3.63, 3.8) is 0 Å². The second kappa shape index (κ2) is 6.50. The van der Waals surface area contributed by atoms with Crippen molar-refractivity contribution < 1.29 is 0 Å². The zero-order valence-corrected chi connectivity index (χ0v) is 14.7. The maximum atomic E-state index is 3.72. The van der Waals surface area contributed by atoms with Gasteiger partial charge in [-0.25, -0.2) is 0 Å². The van der Waals surface area contributed by atoms with Gasteiger partial charge in [0.05, 0.1) is 0 Å². The highest BCUT2D eigenvalue weighted by Crippen LogP contribution is 2.28. The van der Waals surface area contributed by atoms with Crippen LogP contribution in [-0.4, -0.2) is 30.1 Å². The lowest BCUT2D eigenvalue weighted by Gasteiger charge is -2.46. The molecule has 0 spiro atoms. The molecule has 2 atom stereocenters. The lowest BCUT2D eigenvalue weighted by Crippen LogP contribution is -2.59. The zero-order valence-electron chi connectivity index (χ0n) is 14.7. The average Bonchev–Trinajstić information content (AvgIpc) is 2.41. The third kappa shape index (κ3) is 4.08. The highest BCUT2D eigenvalue weighted by Gasteiger charge is 2.34. The molecule has 2 heteroatoms. The minimum Gasteiger partial charge on any atom is -0.311 e. The molecule has 1 aromatic carbocycles. The monoisotopic (exact) mass is 288 g/mol. The first-order valence-corrected chi connectivity index (χ1v) is 8.34. The molecule has 0 amide bonds. The van der Waals surface area contributed by atoms with Gasteiger partial charge in [0.25, 0.3) is 0 Å². The summed E-state index contributed by atoms with van der Waals surface area (Å²) in [4.78, 5) is 2.69. The van der Waals surface area contributed by atoms with Crippen molar-refractivity contribution in [3.05, 3.63) is 34.9 Å². The lowest BCUT2D eigenvalue weighted by atomic mass is 9.83. The molecule has 1 heterocycles. The highest BCUT2D eigenvalue weighted by molar-refractivity contribution is 5.30. The number of piperazine rings is 1. The van der Waals surface area contributed by atoms with E-state index in [0.717, 1.165) is 19.6 Å². The molecule has 0 saturated carbocycles. The van der Waals surface area contributed by atoms with E-state index >= 15 is 0 Å². The van der Waals surface area contributed by atoms with Crippen LogP contribution in [0.25, 0.3) is 0 Å². The predicted octanol–water partition coefficient (Wildman–Crippen LogP) is 3.90. The minimum atomic E-state index is 0.311. The predicted molar refractivity (Wildman–Crippen MR) is 91.7 cm³/mol. The van der Waals surface area contributed by atoms with Crippen molar-refractivity contribution in [2.75, 3.05) is 13.1 Å². The van der Waals surface area contributed by atoms with E-state index in [1.54, 1.807) is 0 Å². The highest BCUT2D eigenvalue weighted by atomic mass is 15.2. The molecule has 0 bridgehead atoms.